The number of nitrogens with zero attached hydrogens (tertiary/aromatic N) is 3. The van der Waals surface area contributed by atoms with E-state index in [1.807, 2.05) is 6.92 Å². The molecule has 0 aliphatic heterocycles. The Morgan fingerprint density at radius 2 is 1.68 bits per heavy atom. The summed E-state index contributed by atoms with van der Waals surface area (Å²) in [6, 6.07) is 12.4. The van der Waals surface area contributed by atoms with Crippen molar-refractivity contribution < 1.29 is 18.0 Å². The van der Waals surface area contributed by atoms with E-state index < -0.39 is 28.7 Å². The Morgan fingerprint density at radius 1 is 1.03 bits per heavy atom. The largest absolute Gasteiger partial charge is 0.354 e. The van der Waals surface area contributed by atoms with E-state index in [9.17, 15) is 18.0 Å². The number of anilines is 1. The van der Waals surface area contributed by atoms with E-state index in [-0.39, 0.29) is 12.5 Å². The summed E-state index contributed by atoms with van der Waals surface area (Å²) in [5, 5.41) is 3.47. The predicted octanol–water partition coefficient (Wildman–Crippen LogP) is 3.55. The van der Waals surface area contributed by atoms with Gasteiger partial charge in [0.05, 0.1) is 15.7 Å². The van der Waals surface area contributed by atoms with Crippen molar-refractivity contribution in [3.05, 3.63) is 64.1 Å². The highest BCUT2D eigenvalue weighted by molar-refractivity contribution is 7.90. The maximum absolute atomic E-state index is 13.5. The van der Waals surface area contributed by atoms with Crippen LogP contribution in [0.5, 0.6) is 0 Å². The van der Waals surface area contributed by atoms with Gasteiger partial charge in [-0.15, -0.1) is 0 Å². The number of hydrogen-bond acceptors (Lipinski definition) is 4. The summed E-state index contributed by atoms with van der Waals surface area (Å²) >= 11 is 12.2. The number of para-hydroxylation sites is 1. The van der Waals surface area contributed by atoms with Crippen LogP contribution in [-0.4, -0.2) is 62.7 Å². The van der Waals surface area contributed by atoms with Crippen molar-refractivity contribution >= 4 is 50.9 Å². The standard InChI is InChI=1S/C23H30Cl2N4O4S/c1-5-13-26-23(31)17(2)28(15-18-11-12-20(24)21(25)14-18)22(30)16-29(34(32,33)27(3)4)19-9-7-6-8-10-19/h6-12,14,17H,5,13,15-16H2,1-4H3,(H,26,31)/t17-/m1/s1. The third-order valence-corrected chi connectivity index (χ3v) is 7.68. The van der Waals surface area contributed by atoms with Gasteiger partial charge < -0.3 is 10.2 Å². The van der Waals surface area contributed by atoms with Crippen LogP contribution < -0.4 is 9.62 Å². The molecule has 0 aliphatic rings. The van der Waals surface area contributed by atoms with E-state index in [2.05, 4.69) is 5.32 Å². The van der Waals surface area contributed by atoms with Gasteiger partial charge in [-0.25, -0.2) is 4.31 Å². The van der Waals surface area contributed by atoms with Crippen molar-refractivity contribution in [3.63, 3.8) is 0 Å². The van der Waals surface area contributed by atoms with Crippen molar-refractivity contribution in [3.8, 4) is 0 Å². The summed E-state index contributed by atoms with van der Waals surface area (Å²) in [5.74, 6) is -0.878. The monoisotopic (exact) mass is 528 g/mol. The molecule has 1 atom stereocenters. The fourth-order valence-electron chi connectivity index (χ4n) is 3.12. The zero-order valence-corrected chi connectivity index (χ0v) is 22.0. The Bertz CT molecular complexity index is 1100. The number of hydrogen-bond donors (Lipinski definition) is 1. The van der Waals surface area contributed by atoms with Gasteiger partial charge in [-0.1, -0.05) is 54.4 Å². The first-order valence-corrected chi connectivity index (χ1v) is 12.9. The molecule has 0 saturated heterocycles. The average Bonchev–Trinajstić information content (AvgIpc) is 2.81. The van der Waals surface area contributed by atoms with Gasteiger partial charge >= 0.3 is 10.2 Å². The summed E-state index contributed by atoms with van der Waals surface area (Å²) in [5.41, 5.74) is 0.988. The Balaban J connectivity index is 2.43. The molecule has 0 radical (unpaired) electrons. The lowest BCUT2D eigenvalue weighted by molar-refractivity contribution is -0.139. The molecule has 2 aromatic carbocycles. The van der Waals surface area contributed by atoms with Crippen LogP contribution in [0.4, 0.5) is 5.69 Å². The van der Waals surface area contributed by atoms with Crippen LogP contribution >= 0.6 is 23.2 Å². The molecule has 2 amide bonds. The Kier molecular flexibility index (Phi) is 10.2. The van der Waals surface area contributed by atoms with E-state index in [1.54, 1.807) is 55.5 Å². The number of rotatable bonds is 11. The maximum Gasteiger partial charge on any atom is 0.304 e. The summed E-state index contributed by atoms with van der Waals surface area (Å²) in [7, 11) is -1.20. The lowest BCUT2D eigenvalue weighted by Crippen LogP contribution is -2.52. The van der Waals surface area contributed by atoms with E-state index >= 15 is 0 Å². The smallest absolute Gasteiger partial charge is 0.304 e. The molecular formula is C23H30Cl2N4O4S. The highest BCUT2D eigenvalue weighted by Crippen LogP contribution is 2.24. The minimum atomic E-state index is -3.99. The van der Waals surface area contributed by atoms with Gasteiger partial charge in [0.15, 0.2) is 0 Å². The number of nitrogens with one attached hydrogen (secondary N) is 1. The highest BCUT2D eigenvalue weighted by atomic mass is 35.5. The molecule has 0 aromatic heterocycles. The van der Waals surface area contributed by atoms with Crippen molar-refractivity contribution in [1.29, 1.82) is 0 Å². The van der Waals surface area contributed by atoms with E-state index in [4.69, 9.17) is 23.2 Å². The lowest BCUT2D eigenvalue weighted by atomic mass is 10.1. The normalized spacial score (nSPS) is 12.3. The van der Waals surface area contributed by atoms with Gasteiger partial charge in [0, 0.05) is 27.2 Å². The van der Waals surface area contributed by atoms with Gasteiger partial charge in [-0.3, -0.25) is 9.59 Å². The van der Waals surface area contributed by atoms with E-state index in [1.165, 1.54) is 19.0 Å². The van der Waals surface area contributed by atoms with Crippen LogP contribution in [0.15, 0.2) is 48.5 Å². The maximum atomic E-state index is 13.5. The van der Waals surface area contributed by atoms with Crippen LogP contribution in [0.1, 0.15) is 25.8 Å². The van der Waals surface area contributed by atoms with E-state index in [0.717, 1.165) is 15.0 Å². The minimum Gasteiger partial charge on any atom is -0.354 e. The van der Waals surface area contributed by atoms with Crippen molar-refractivity contribution in [2.45, 2.75) is 32.9 Å². The molecule has 0 spiro atoms. The number of halogens is 2. The summed E-state index contributed by atoms with van der Waals surface area (Å²) in [6.07, 6.45) is 0.738. The molecular weight excluding hydrogens is 499 g/mol. The molecule has 0 aliphatic carbocycles. The van der Waals surface area contributed by atoms with Crippen LogP contribution in [-0.2, 0) is 26.3 Å². The molecule has 0 heterocycles. The van der Waals surface area contributed by atoms with Crippen molar-refractivity contribution in [1.82, 2.24) is 14.5 Å². The summed E-state index contributed by atoms with van der Waals surface area (Å²) in [6.45, 7) is 3.54. The molecule has 34 heavy (non-hydrogen) atoms. The molecule has 0 fully saturated rings. The van der Waals surface area contributed by atoms with Crippen molar-refractivity contribution in [2.24, 2.45) is 0 Å². The Hall–Kier alpha value is -2.33. The number of carbonyl (C=O) groups excluding carboxylic acids is 2. The van der Waals surface area contributed by atoms with Crippen LogP contribution in [0, 0.1) is 0 Å². The van der Waals surface area contributed by atoms with Gasteiger partial charge in [-0.05, 0) is 43.2 Å². The third kappa shape index (κ3) is 7.09. The SMILES string of the molecule is CCCNC(=O)[C@@H](C)N(Cc1ccc(Cl)c(Cl)c1)C(=O)CN(c1ccccc1)S(=O)(=O)N(C)C. The predicted molar refractivity (Wildman–Crippen MR) is 136 cm³/mol. The lowest BCUT2D eigenvalue weighted by Gasteiger charge is -2.32. The zero-order chi connectivity index (χ0) is 25.5. The molecule has 1 N–H and O–H groups in total. The van der Waals surface area contributed by atoms with Gasteiger partial charge in [-0.2, -0.15) is 12.7 Å². The Labute approximate surface area is 211 Å². The Morgan fingerprint density at radius 3 is 2.24 bits per heavy atom. The quantitative estimate of drug-likeness (QED) is 0.482. The van der Waals surface area contributed by atoms with Crippen molar-refractivity contribution in [2.75, 3.05) is 31.5 Å². The average molecular weight is 529 g/mol. The molecule has 2 aromatic rings. The molecule has 186 valence electrons. The first kappa shape index (κ1) is 27.9. The highest BCUT2D eigenvalue weighted by Gasteiger charge is 2.32. The summed E-state index contributed by atoms with van der Waals surface area (Å²) in [4.78, 5) is 27.6. The molecule has 8 nitrogen and oxygen atoms in total. The van der Waals surface area contributed by atoms with Gasteiger partial charge in [0.25, 0.3) is 0 Å². The molecule has 0 unspecified atom stereocenters. The van der Waals surface area contributed by atoms with Crippen LogP contribution in [0.2, 0.25) is 10.0 Å². The summed E-state index contributed by atoms with van der Waals surface area (Å²) < 4.78 is 28.1. The zero-order valence-electron chi connectivity index (χ0n) is 19.7. The van der Waals surface area contributed by atoms with Gasteiger partial charge in [0.1, 0.15) is 12.6 Å². The number of benzene rings is 2. The van der Waals surface area contributed by atoms with Crippen LogP contribution in [0.25, 0.3) is 0 Å². The second-order valence-corrected chi connectivity index (χ2v) is 10.8. The molecule has 11 heteroatoms. The molecule has 2 rings (SSSR count). The van der Waals surface area contributed by atoms with Gasteiger partial charge in [0.2, 0.25) is 11.8 Å². The number of carbonyl (C=O) groups is 2. The molecule has 0 saturated carbocycles. The molecule has 0 bridgehead atoms. The fraction of sp³-hybridized carbons (Fsp3) is 0.391. The number of amides is 2. The van der Waals surface area contributed by atoms with Crippen LogP contribution in [0.3, 0.4) is 0 Å². The third-order valence-electron chi connectivity index (χ3n) is 5.12. The second kappa shape index (κ2) is 12.4. The minimum absolute atomic E-state index is 0.0427. The topological polar surface area (TPSA) is 90.0 Å². The first-order chi connectivity index (χ1) is 16.0. The first-order valence-electron chi connectivity index (χ1n) is 10.7. The van der Waals surface area contributed by atoms with E-state index in [0.29, 0.717) is 27.8 Å². The second-order valence-electron chi connectivity index (χ2n) is 7.87. The fourth-order valence-corrected chi connectivity index (χ4v) is 4.50.